The van der Waals surface area contributed by atoms with Crippen molar-refractivity contribution in [3.05, 3.63) is 23.3 Å². The van der Waals surface area contributed by atoms with E-state index in [4.69, 9.17) is 4.74 Å². The highest BCUT2D eigenvalue weighted by Gasteiger charge is 2.23. The number of carbonyl (C=O) groups is 1. The van der Waals surface area contributed by atoms with Crippen LogP contribution in [-0.4, -0.2) is 27.3 Å². The number of rotatable bonds is 4. The van der Waals surface area contributed by atoms with E-state index in [1.807, 2.05) is 17.5 Å². The molecule has 0 amide bonds. The van der Waals surface area contributed by atoms with Gasteiger partial charge < -0.3 is 4.74 Å². The second-order valence-electron chi connectivity index (χ2n) is 3.87. The number of hydrogen-bond donors (Lipinski definition) is 0. The van der Waals surface area contributed by atoms with E-state index in [0.29, 0.717) is 18.3 Å². The van der Waals surface area contributed by atoms with Crippen molar-refractivity contribution in [2.24, 2.45) is 7.05 Å². The van der Waals surface area contributed by atoms with Gasteiger partial charge in [-0.15, -0.1) is 11.3 Å². The highest BCUT2D eigenvalue weighted by Crippen LogP contribution is 2.23. The Balaban J connectivity index is 2.27. The van der Waals surface area contributed by atoms with E-state index in [0.717, 1.165) is 4.88 Å². The van der Waals surface area contributed by atoms with Crippen molar-refractivity contribution in [1.29, 1.82) is 0 Å². The van der Waals surface area contributed by atoms with Crippen LogP contribution in [0.25, 0.3) is 10.7 Å². The Hall–Kier alpha value is -1.69. The second-order valence-corrected chi connectivity index (χ2v) is 4.82. The summed E-state index contributed by atoms with van der Waals surface area (Å²) in [7, 11) is 1.79. The van der Waals surface area contributed by atoms with Crippen LogP contribution in [0.3, 0.4) is 0 Å². The molecule has 0 aromatic carbocycles. The van der Waals surface area contributed by atoms with Crippen molar-refractivity contribution >= 4 is 17.3 Å². The molecule has 0 saturated carbocycles. The van der Waals surface area contributed by atoms with E-state index in [-0.39, 0.29) is 5.97 Å². The average Bonchev–Trinajstić information content (AvgIpc) is 2.97. The van der Waals surface area contributed by atoms with Gasteiger partial charge in [0.15, 0.2) is 5.82 Å². The van der Waals surface area contributed by atoms with E-state index < -0.39 is 5.92 Å². The van der Waals surface area contributed by atoms with E-state index >= 15 is 0 Å². The van der Waals surface area contributed by atoms with Crippen LogP contribution in [0.5, 0.6) is 0 Å². The molecule has 2 aromatic rings. The van der Waals surface area contributed by atoms with Crippen LogP contribution in [0.15, 0.2) is 17.5 Å². The maximum absolute atomic E-state index is 11.7. The van der Waals surface area contributed by atoms with Gasteiger partial charge in [0, 0.05) is 7.05 Å². The zero-order valence-electron chi connectivity index (χ0n) is 10.6. The molecule has 1 unspecified atom stereocenters. The van der Waals surface area contributed by atoms with Crippen molar-refractivity contribution in [2.45, 2.75) is 19.8 Å². The third-order valence-corrected chi connectivity index (χ3v) is 3.43. The van der Waals surface area contributed by atoms with Crippen LogP contribution in [-0.2, 0) is 16.6 Å². The third-order valence-electron chi connectivity index (χ3n) is 2.57. The monoisotopic (exact) mass is 265 g/mol. The highest BCUT2D eigenvalue weighted by molar-refractivity contribution is 7.13. The fraction of sp³-hybridized carbons (Fsp3) is 0.417. The van der Waals surface area contributed by atoms with Crippen LogP contribution in [0.2, 0.25) is 0 Å². The second kappa shape index (κ2) is 5.30. The molecule has 2 rings (SSSR count). The first-order chi connectivity index (χ1) is 8.63. The fourth-order valence-corrected chi connectivity index (χ4v) is 2.31. The van der Waals surface area contributed by atoms with Crippen LogP contribution in [0.1, 0.15) is 25.6 Å². The van der Waals surface area contributed by atoms with Gasteiger partial charge in [-0.1, -0.05) is 6.07 Å². The van der Waals surface area contributed by atoms with Crippen LogP contribution < -0.4 is 0 Å². The minimum absolute atomic E-state index is 0.272. The number of hydrogen-bond acceptors (Lipinski definition) is 5. The fourth-order valence-electron chi connectivity index (χ4n) is 1.66. The van der Waals surface area contributed by atoms with Crippen molar-refractivity contribution in [2.75, 3.05) is 6.61 Å². The predicted molar refractivity (Wildman–Crippen MR) is 69.4 cm³/mol. The molecule has 0 aliphatic carbocycles. The summed E-state index contributed by atoms with van der Waals surface area (Å²) in [5.41, 5.74) is 0. The van der Waals surface area contributed by atoms with Gasteiger partial charge in [0.2, 0.25) is 0 Å². The number of thiophene rings is 1. The summed E-state index contributed by atoms with van der Waals surface area (Å²) in [6.07, 6.45) is 0. The Kier molecular flexibility index (Phi) is 3.76. The molecule has 0 fully saturated rings. The van der Waals surface area contributed by atoms with Gasteiger partial charge in [-0.05, 0) is 25.3 Å². The van der Waals surface area contributed by atoms with Gasteiger partial charge in [-0.3, -0.25) is 9.48 Å². The van der Waals surface area contributed by atoms with Gasteiger partial charge in [-0.25, -0.2) is 4.98 Å². The lowest BCUT2D eigenvalue weighted by Crippen LogP contribution is -2.16. The predicted octanol–water partition coefficient (Wildman–Crippen LogP) is 2.21. The SMILES string of the molecule is CCOC(=O)C(C)c1nc(-c2cccs2)nn1C. The Morgan fingerprint density at radius 1 is 1.61 bits per heavy atom. The lowest BCUT2D eigenvalue weighted by molar-refractivity contribution is -0.144. The molecule has 0 saturated heterocycles. The summed E-state index contributed by atoms with van der Waals surface area (Å²) in [6, 6.07) is 3.91. The maximum Gasteiger partial charge on any atom is 0.316 e. The van der Waals surface area contributed by atoms with E-state index in [2.05, 4.69) is 10.1 Å². The molecule has 0 bridgehead atoms. The quantitative estimate of drug-likeness (QED) is 0.795. The number of esters is 1. The molecule has 2 aromatic heterocycles. The zero-order chi connectivity index (χ0) is 13.1. The number of aryl methyl sites for hydroxylation is 1. The van der Waals surface area contributed by atoms with Gasteiger partial charge in [0.25, 0.3) is 0 Å². The van der Waals surface area contributed by atoms with E-state index in [1.165, 1.54) is 0 Å². The molecular weight excluding hydrogens is 250 g/mol. The van der Waals surface area contributed by atoms with Gasteiger partial charge in [0.05, 0.1) is 11.5 Å². The van der Waals surface area contributed by atoms with Crippen LogP contribution in [0.4, 0.5) is 0 Å². The van der Waals surface area contributed by atoms with Crippen molar-refractivity contribution < 1.29 is 9.53 Å². The first-order valence-corrected chi connectivity index (χ1v) is 6.63. The van der Waals surface area contributed by atoms with Crippen LogP contribution in [0, 0.1) is 0 Å². The zero-order valence-corrected chi connectivity index (χ0v) is 11.4. The molecule has 0 radical (unpaired) electrons. The molecule has 6 heteroatoms. The number of carbonyl (C=O) groups excluding carboxylic acids is 1. The summed E-state index contributed by atoms with van der Waals surface area (Å²) in [5.74, 6) is 0.595. The lowest BCUT2D eigenvalue weighted by Gasteiger charge is -2.08. The summed E-state index contributed by atoms with van der Waals surface area (Å²) < 4.78 is 6.63. The van der Waals surface area contributed by atoms with Crippen LogP contribution >= 0.6 is 11.3 Å². The first kappa shape index (κ1) is 12.8. The van der Waals surface area contributed by atoms with E-state index in [1.54, 1.807) is 36.9 Å². The summed E-state index contributed by atoms with van der Waals surface area (Å²) in [6.45, 7) is 3.94. The normalized spacial score (nSPS) is 12.4. The Morgan fingerprint density at radius 2 is 2.39 bits per heavy atom. The number of ether oxygens (including phenoxy) is 1. The Bertz CT molecular complexity index is 534. The molecule has 96 valence electrons. The first-order valence-electron chi connectivity index (χ1n) is 5.75. The topological polar surface area (TPSA) is 57.0 Å². The minimum atomic E-state index is -0.406. The molecule has 1 atom stereocenters. The van der Waals surface area contributed by atoms with E-state index in [9.17, 15) is 4.79 Å². The van der Waals surface area contributed by atoms with Gasteiger partial charge >= 0.3 is 5.97 Å². The van der Waals surface area contributed by atoms with Crippen molar-refractivity contribution in [1.82, 2.24) is 14.8 Å². The largest absolute Gasteiger partial charge is 0.465 e. The van der Waals surface area contributed by atoms with Gasteiger partial charge in [0.1, 0.15) is 11.7 Å². The summed E-state index contributed by atoms with van der Waals surface area (Å²) in [5, 5.41) is 6.30. The molecule has 5 nitrogen and oxygen atoms in total. The third kappa shape index (κ3) is 2.43. The maximum atomic E-state index is 11.7. The summed E-state index contributed by atoms with van der Waals surface area (Å²) >= 11 is 1.57. The molecule has 0 N–H and O–H groups in total. The van der Waals surface area contributed by atoms with Gasteiger partial charge in [-0.2, -0.15) is 5.10 Å². The Morgan fingerprint density at radius 3 is 3.00 bits per heavy atom. The Labute approximate surface area is 109 Å². The average molecular weight is 265 g/mol. The standard InChI is InChI=1S/C12H15N3O2S/c1-4-17-12(16)8(2)11-13-10(14-15(11)3)9-6-5-7-18-9/h5-8H,4H2,1-3H3. The molecular formula is C12H15N3O2S. The smallest absolute Gasteiger partial charge is 0.316 e. The highest BCUT2D eigenvalue weighted by atomic mass is 32.1. The molecule has 2 heterocycles. The molecule has 0 aliphatic heterocycles. The van der Waals surface area contributed by atoms with Crippen molar-refractivity contribution in [3.63, 3.8) is 0 Å². The summed E-state index contributed by atoms with van der Waals surface area (Å²) in [4.78, 5) is 17.1. The minimum Gasteiger partial charge on any atom is -0.465 e. The van der Waals surface area contributed by atoms with Crippen molar-refractivity contribution in [3.8, 4) is 10.7 Å². The number of aromatic nitrogens is 3. The molecule has 0 spiro atoms. The lowest BCUT2D eigenvalue weighted by atomic mass is 10.2. The molecule has 0 aliphatic rings. The number of nitrogens with zero attached hydrogens (tertiary/aromatic N) is 3. The molecule has 18 heavy (non-hydrogen) atoms.